The molecule has 6 heteroatoms. The van der Waals surface area contributed by atoms with Gasteiger partial charge in [-0.1, -0.05) is 13.8 Å². The molecule has 0 aliphatic rings. The number of nitrogens with two attached hydrogens (primary N) is 1. The minimum atomic E-state index is -0.441. The molecular formula is C13H21N3O3. The van der Waals surface area contributed by atoms with Crippen molar-refractivity contribution in [3.8, 4) is 5.75 Å². The lowest BCUT2D eigenvalue weighted by Gasteiger charge is -2.20. The summed E-state index contributed by atoms with van der Waals surface area (Å²) in [6.07, 6.45) is 0. The van der Waals surface area contributed by atoms with Crippen LogP contribution < -0.4 is 15.8 Å². The summed E-state index contributed by atoms with van der Waals surface area (Å²) >= 11 is 0. The van der Waals surface area contributed by atoms with Gasteiger partial charge < -0.3 is 15.8 Å². The van der Waals surface area contributed by atoms with Crippen molar-refractivity contribution >= 4 is 11.4 Å². The number of hydrogen-bond acceptors (Lipinski definition) is 5. The predicted octanol–water partition coefficient (Wildman–Crippen LogP) is 2.25. The number of nitro groups is 1. The van der Waals surface area contributed by atoms with Crippen molar-refractivity contribution < 1.29 is 9.66 Å². The van der Waals surface area contributed by atoms with Gasteiger partial charge in [0, 0.05) is 12.6 Å². The van der Waals surface area contributed by atoms with Crippen molar-refractivity contribution in [1.82, 2.24) is 0 Å². The third-order valence-electron chi connectivity index (χ3n) is 3.20. The van der Waals surface area contributed by atoms with Crippen LogP contribution in [-0.4, -0.2) is 25.1 Å². The van der Waals surface area contributed by atoms with Crippen LogP contribution in [0.4, 0.5) is 11.4 Å². The van der Waals surface area contributed by atoms with Crippen molar-refractivity contribution in [1.29, 1.82) is 0 Å². The first-order valence-electron chi connectivity index (χ1n) is 6.26. The van der Waals surface area contributed by atoms with Crippen LogP contribution in [0, 0.1) is 22.0 Å². The van der Waals surface area contributed by atoms with Crippen molar-refractivity contribution in [3.05, 3.63) is 28.3 Å². The second-order valence-corrected chi connectivity index (χ2v) is 4.76. The molecule has 0 aliphatic heterocycles. The van der Waals surface area contributed by atoms with Gasteiger partial charge in [-0.3, -0.25) is 10.1 Å². The molecule has 0 aromatic heterocycles. The molecule has 0 spiro atoms. The number of benzene rings is 1. The summed E-state index contributed by atoms with van der Waals surface area (Å²) in [4.78, 5) is 10.3. The van der Waals surface area contributed by atoms with Gasteiger partial charge in [-0.2, -0.15) is 0 Å². The Hall–Kier alpha value is -1.82. The van der Waals surface area contributed by atoms with Crippen LogP contribution in [0.15, 0.2) is 18.2 Å². The van der Waals surface area contributed by atoms with E-state index in [9.17, 15) is 10.1 Å². The lowest BCUT2D eigenvalue weighted by Crippen LogP contribution is -2.27. The van der Waals surface area contributed by atoms with E-state index in [1.54, 1.807) is 6.07 Å². The normalized spacial score (nSPS) is 12.3. The number of non-ortho nitro benzene ring substituents is 1. The Morgan fingerprint density at radius 3 is 2.63 bits per heavy atom. The molecule has 0 amide bonds. The van der Waals surface area contributed by atoms with E-state index in [2.05, 4.69) is 19.2 Å². The lowest BCUT2D eigenvalue weighted by atomic mass is 9.96. The molecule has 0 aliphatic carbocycles. The fourth-order valence-electron chi connectivity index (χ4n) is 1.77. The van der Waals surface area contributed by atoms with E-state index >= 15 is 0 Å². The van der Waals surface area contributed by atoms with E-state index in [0.29, 0.717) is 30.7 Å². The Kier molecular flexibility index (Phi) is 5.57. The second-order valence-electron chi connectivity index (χ2n) is 4.76. The third-order valence-corrected chi connectivity index (χ3v) is 3.20. The van der Waals surface area contributed by atoms with Crippen LogP contribution in [0.3, 0.4) is 0 Å². The smallest absolute Gasteiger partial charge is 0.273 e. The van der Waals surface area contributed by atoms with Crippen molar-refractivity contribution in [3.63, 3.8) is 0 Å². The molecule has 1 rings (SSSR count). The minimum Gasteiger partial charge on any atom is -0.494 e. The molecule has 106 valence electrons. The summed E-state index contributed by atoms with van der Waals surface area (Å²) < 4.78 is 5.16. The standard InChI is InChI=1S/C13H21N3O3/c1-9(2)10(7-14)8-15-12-5-4-11(16(17)18)6-13(12)19-3/h4-6,9-10,15H,7-8,14H2,1-3H3. The lowest BCUT2D eigenvalue weighted by molar-refractivity contribution is -0.384. The quantitative estimate of drug-likeness (QED) is 0.584. The van der Waals surface area contributed by atoms with Gasteiger partial charge in [-0.25, -0.2) is 0 Å². The Labute approximate surface area is 113 Å². The summed E-state index contributed by atoms with van der Waals surface area (Å²) in [5.74, 6) is 1.29. The minimum absolute atomic E-state index is 0.0154. The molecule has 3 N–H and O–H groups in total. The highest BCUT2D eigenvalue weighted by molar-refractivity contribution is 5.60. The highest BCUT2D eigenvalue weighted by atomic mass is 16.6. The molecular weight excluding hydrogens is 246 g/mol. The Bertz CT molecular complexity index is 435. The fraction of sp³-hybridized carbons (Fsp3) is 0.538. The molecule has 0 radical (unpaired) electrons. The second kappa shape index (κ2) is 6.94. The summed E-state index contributed by atoms with van der Waals surface area (Å²) in [5, 5.41) is 13.9. The van der Waals surface area contributed by atoms with E-state index < -0.39 is 4.92 Å². The van der Waals surface area contributed by atoms with Crippen LogP contribution in [-0.2, 0) is 0 Å². The Balaban J connectivity index is 2.80. The van der Waals surface area contributed by atoms with Gasteiger partial charge in [0.2, 0.25) is 0 Å². The van der Waals surface area contributed by atoms with Gasteiger partial charge in [-0.05, 0) is 24.4 Å². The molecule has 1 aromatic carbocycles. The molecule has 0 saturated heterocycles. The average molecular weight is 267 g/mol. The summed E-state index contributed by atoms with van der Waals surface area (Å²) in [5.41, 5.74) is 6.47. The molecule has 0 bridgehead atoms. The number of ether oxygens (including phenoxy) is 1. The summed E-state index contributed by atoms with van der Waals surface area (Å²) in [6.45, 7) is 5.54. The van der Waals surface area contributed by atoms with Crippen LogP contribution in [0.25, 0.3) is 0 Å². The Morgan fingerprint density at radius 2 is 2.16 bits per heavy atom. The van der Waals surface area contributed by atoms with Gasteiger partial charge >= 0.3 is 0 Å². The van der Waals surface area contributed by atoms with Crippen LogP contribution in [0.5, 0.6) is 5.75 Å². The van der Waals surface area contributed by atoms with E-state index in [1.807, 2.05) is 0 Å². The fourth-order valence-corrected chi connectivity index (χ4v) is 1.77. The first kappa shape index (κ1) is 15.2. The van der Waals surface area contributed by atoms with Crippen molar-refractivity contribution in [2.45, 2.75) is 13.8 Å². The van der Waals surface area contributed by atoms with Gasteiger partial charge in [0.05, 0.1) is 23.8 Å². The third kappa shape index (κ3) is 4.10. The maximum absolute atomic E-state index is 10.7. The molecule has 0 fully saturated rings. The first-order chi connectivity index (χ1) is 8.99. The molecule has 0 heterocycles. The SMILES string of the molecule is COc1cc([N+](=O)[O-])ccc1NCC(CN)C(C)C. The summed E-state index contributed by atoms with van der Waals surface area (Å²) in [6, 6.07) is 4.53. The molecule has 1 unspecified atom stereocenters. The van der Waals surface area contributed by atoms with Gasteiger partial charge in [0.25, 0.3) is 5.69 Å². The van der Waals surface area contributed by atoms with Gasteiger partial charge in [-0.15, -0.1) is 0 Å². The number of rotatable bonds is 7. The number of anilines is 1. The topological polar surface area (TPSA) is 90.4 Å². The number of nitrogens with one attached hydrogen (secondary N) is 1. The largest absolute Gasteiger partial charge is 0.494 e. The van der Waals surface area contributed by atoms with Gasteiger partial charge in [0.1, 0.15) is 5.75 Å². The van der Waals surface area contributed by atoms with E-state index in [0.717, 1.165) is 5.69 Å². The van der Waals surface area contributed by atoms with Crippen LogP contribution >= 0.6 is 0 Å². The average Bonchev–Trinajstić information content (AvgIpc) is 2.38. The van der Waals surface area contributed by atoms with E-state index in [1.165, 1.54) is 19.2 Å². The first-order valence-corrected chi connectivity index (χ1v) is 6.26. The Morgan fingerprint density at radius 1 is 1.47 bits per heavy atom. The predicted molar refractivity (Wildman–Crippen MR) is 75.5 cm³/mol. The molecule has 1 atom stereocenters. The van der Waals surface area contributed by atoms with Crippen molar-refractivity contribution in [2.75, 3.05) is 25.5 Å². The summed E-state index contributed by atoms with van der Waals surface area (Å²) in [7, 11) is 1.49. The highest BCUT2D eigenvalue weighted by Gasteiger charge is 2.14. The zero-order valence-electron chi connectivity index (χ0n) is 11.6. The number of nitro benzene ring substituents is 1. The molecule has 1 aromatic rings. The van der Waals surface area contributed by atoms with Crippen LogP contribution in [0.1, 0.15) is 13.8 Å². The highest BCUT2D eigenvalue weighted by Crippen LogP contribution is 2.29. The molecule has 6 nitrogen and oxygen atoms in total. The monoisotopic (exact) mass is 267 g/mol. The van der Waals surface area contributed by atoms with Crippen LogP contribution in [0.2, 0.25) is 0 Å². The van der Waals surface area contributed by atoms with Crippen molar-refractivity contribution in [2.24, 2.45) is 17.6 Å². The number of nitrogens with zero attached hydrogens (tertiary/aromatic N) is 1. The zero-order chi connectivity index (χ0) is 14.4. The molecule has 0 saturated carbocycles. The number of methoxy groups -OCH3 is 1. The zero-order valence-corrected chi connectivity index (χ0v) is 11.6. The maximum Gasteiger partial charge on any atom is 0.273 e. The number of hydrogen-bond donors (Lipinski definition) is 2. The van der Waals surface area contributed by atoms with Gasteiger partial charge in [0.15, 0.2) is 0 Å². The van der Waals surface area contributed by atoms with E-state index in [-0.39, 0.29) is 5.69 Å². The molecule has 19 heavy (non-hydrogen) atoms. The van der Waals surface area contributed by atoms with E-state index in [4.69, 9.17) is 10.5 Å². The maximum atomic E-state index is 10.7.